The van der Waals surface area contributed by atoms with Gasteiger partial charge >= 0.3 is 0 Å². The van der Waals surface area contributed by atoms with E-state index in [1.165, 1.54) is 13.2 Å². The maximum atomic E-state index is 13.0. The molecular weight excluding hydrogens is 394 g/mol. The molecule has 1 aromatic carbocycles. The summed E-state index contributed by atoms with van der Waals surface area (Å²) in [4.78, 5) is 0. The number of nitrogens with one attached hydrogen (secondary N) is 1. The molecule has 1 aromatic heterocycles. The summed E-state index contributed by atoms with van der Waals surface area (Å²) < 4.78 is 58.1. The van der Waals surface area contributed by atoms with E-state index in [2.05, 4.69) is 4.72 Å². The van der Waals surface area contributed by atoms with Crippen LogP contribution in [0.2, 0.25) is 0 Å². The number of sulfonamides is 1. The number of sulfone groups is 1. The zero-order chi connectivity index (χ0) is 19.2. The molecule has 144 valence electrons. The first-order valence-electron chi connectivity index (χ1n) is 8.19. The van der Waals surface area contributed by atoms with E-state index < -0.39 is 25.1 Å². The lowest BCUT2D eigenvalue weighted by Gasteiger charge is -2.18. The Kier molecular flexibility index (Phi) is 7.22. The van der Waals surface area contributed by atoms with Crippen LogP contribution in [0.15, 0.2) is 46.0 Å². The van der Waals surface area contributed by atoms with E-state index in [9.17, 15) is 16.8 Å². The molecular formula is C17H23NO5S3. The summed E-state index contributed by atoms with van der Waals surface area (Å²) >= 11 is 1.12. The van der Waals surface area contributed by atoms with Gasteiger partial charge < -0.3 is 4.74 Å². The van der Waals surface area contributed by atoms with Crippen molar-refractivity contribution in [2.24, 2.45) is 0 Å². The highest BCUT2D eigenvalue weighted by molar-refractivity contribution is 7.93. The predicted octanol–water partition coefficient (Wildman–Crippen LogP) is 2.99. The first kappa shape index (κ1) is 20.9. The van der Waals surface area contributed by atoms with Gasteiger partial charge in [0.25, 0.3) is 0 Å². The molecule has 6 nitrogen and oxygen atoms in total. The number of thiophene rings is 1. The Hall–Kier alpha value is -1.42. The van der Waals surface area contributed by atoms with Crippen LogP contribution >= 0.6 is 11.3 Å². The van der Waals surface area contributed by atoms with Crippen LogP contribution < -0.4 is 9.46 Å². The van der Waals surface area contributed by atoms with Gasteiger partial charge in [0, 0.05) is 6.54 Å². The summed E-state index contributed by atoms with van der Waals surface area (Å²) in [6, 6.07) is 9.82. The highest BCUT2D eigenvalue weighted by Crippen LogP contribution is 2.32. The fraction of sp³-hybridized carbons (Fsp3) is 0.412. The van der Waals surface area contributed by atoms with Gasteiger partial charge in [-0.05, 0) is 35.6 Å². The Morgan fingerprint density at radius 3 is 2.35 bits per heavy atom. The SMILES string of the molecule is CCCCS(=O)(=O)NC[C@H](c1ccc(OC)cc1)S(=O)(=O)c1cccs1. The minimum Gasteiger partial charge on any atom is -0.497 e. The van der Waals surface area contributed by atoms with Crippen molar-refractivity contribution in [3.8, 4) is 5.75 Å². The van der Waals surface area contributed by atoms with Crippen LogP contribution in [0.25, 0.3) is 0 Å². The number of ether oxygens (including phenoxy) is 1. The third-order valence-corrected chi connectivity index (χ3v) is 8.86. The second kappa shape index (κ2) is 8.98. The molecule has 0 fully saturated rings. The van der Waals surface area contributed by atoms with Crippen molar-refractivity contribution >= 4 is 31.2 Å². The summed E-state index contributed by atoms with van der Waals surface area (Å²) in [6.45, 7) is 1.69. The van der Waals surface area contributed by atoms with Crippen LogP contribution in [0, 0.1) is 0 Å². The molecule has 9 heteroatoms. The molecule has 2 rings (SSSR count). The number of hydrogen-bond acceptors (Lipinski definition) is 6. The lowest BCUT2D eigenvalue weighted by atomic mass is 10.1. The topological polar surface area (TPSA) is 89.5 Å². The largest absolute Gasteiger partial charge is 0.497 e. The molecule has 2 aromatic rings. The minimum absolute atomic E-state index is 0.0160. The Balaban J connectivity index is 2.32. The lowest BCUT2D eigenvalue weighted by molar-refractivity contribution is 0.414. The fourth-order valence-corrected chi connectivity index (χ4v) is 6.61. The summed E-state index contributed by atoms with van der Waals surface area (Å²) in [5, 5.41) is 0.673. The molecule has 26 heavy (non-hydrogen) atoms. The Labute approximate surface area is 159 Å². The van der Waals surface area contributed by atoms with E-state index in [0.29, 0.717) is 17.7 Å². The number of benzene rings is 1. The molecule has 1 heterocycles. The summed E-state index contributed by atoms with van der Waals surface area (Å²) in [5.41, 5.74) is 0.511. The van der Waals surface area contributed by atoms with Gasteiger partial charge in [-0.2, -0.15) is 0 Å². The van der Waals surface area contributed by atoms with Gasteiger partial charge in [0.2, 0.25) is 10.0 Å². The smallest absolute Gasteiger partial charge is 0.211 e. The fourth-order valence-electron chi connectivity index (χ4n) is 2.40. The highest BCUT2D eigenvalue weighted by Gasteiger charge is 2.31. The molecule has 0 aliphatic carbocycles. The normalized spacial score (nSPS) is 13.5. The molecule has 0 aliphatic heterocycles. The minimum atomic E-state index is -3.72. The molecule has 1 atom stereocenters. The summed E-state index contributed by atoms with van der Waals surface area (Å²) in [7, 11) is -5.72. The van der Waals surface area contributed by atoms with Crippen LogP contribution in [0.1, 0.15) is 30.6 Å². The van der Waals surface area contributed by atoms with Gasteiger partial charge in [-0.25, -0.2) is 21.6 Å². The molecule has 0 saturated carbocycles. The monoisotopic (exact) mass is 417 g/mol. The van der Waals surface area contributed by atoms with Gasteiger partial charge in [0.05, 0.1) is 12.9 Å². The third-order valence-electron chi connectivity index (χ3n) is 3.89. The van der Waals surface area contributed by atoms with Crippen molar-refractivity contribution in [3.05, 3.63) is 47.3 Å². The van der Waals surface area contributed by atoms with Crippen LogP contribution in [-0.2, 0) is 19.9 Å². The summed E-state index contributed by atoms with van der Waals surface area (Å²) in [6.07, 6.45) is 1.27. The van der Waals surface area contributed by atoms with Gasteiger partial charge in [-0.3, -0.25) is 0 Å². The maximum Gasteiger partial charge on any atom is 0.211 e. The van der Waals surface area contributed by atoms with E-state index in [0.717, 1.165) is 17.8 Å². The maximum absolute atomic E-state index is 13.0. The standard InChI is InChI=1S/C17H23NO5S3/c1-3-4-12-25(19,20)18-13-16(14-7-9-15(23-2)10-8-14)26(21,22)17-6-5-11-24-17/h5-11,16,18H,3-4,12-13H2,1-2H3/t16-/m1/s1. The Morgan fingerprint density at radius 2 is 1.81 bits per heavy atom. The molecule has 0 aliphatic rings. The Morgan fingerprint density at radius 1 is 1.12 bits per heavy atom. The average molecular weight is 418 g/mol. The third kappa shape index (κ3) is 5.29. The van der Waals surface area contributed by atoms with Gasteiger partial charge in [-0.15, -0.1) is 11.3 Å². The van der Waals surface area contributed by atoms with E-state index >= 15 is 0 Å². The van der Waals surface area contributed by atoms with Crippen molar-refractivity contribution in [2.45, 2.75) is 29.2 Å². The molecule has 0 amide bonds. The van der Waals surface area contributed by atoms with Gasteiger partial charge in [-0.1, -0.05) is 31.5 Å². The van der Waals surface area contributed by atoms with E-state index in [1.807, 2.05) is 6.92 Å². The van der Waals surface area contributed by atoms with E-state index in [-0.39, 0.29) is 16.5 Å². The lowest BCUT2D eigenvalue weighted by Crippen LogP contribution is -2.33. The number of hydrogen-bond donors (Lipinski definition) is 1. The molecule has 0 unspecified atom stereocenters. The van der Waals surface area contributed by atoms with E-state index in [4.69, 9.17) is 4.74 Å². The number of rotatable bonds is 10. The quantitative estimate of drug-likeness (QED) is 0.642. The highest BCUT2D eigenvalue weighted by atomic mass is 32.2. The van der Waals surface area contributed by atoms with Crippen LogP contribution in [0.4, 0.5) is 0 Å². The van der Waals surface area contributed by atoms with Crippen LogP contribution in [0.5, 0.6) is 5.75 Å². The first-order valence-corrected chi connectivity index (χ1v) is 12.3. The second-order valence-corrected chi connectivity index (χ2v) is 11.0. The van der Waals surface area contributed by atoms with Gasteiger partial charge in [0.1, 0.15) is 15.2 Å². The van der Waals surface area contributed by atoms with Crippen molar-refractivity contribution in [3.63, 3.8) is 0 Å². The van der Waals surface area contributed by atoms with Crippen molar-refractivity contribution in [2.75, 3.05) is 19.4 Å². The molecule has 0 saturated heterocycles. The van der Waals surface area contributed by atoms with Crippen molar-refractivity contribution < 1.29 is 21.6 Å². The van der Waals surface area contributed by atoms with Crippen molar-refractivity contribution in [1.82, 2.24) is 4.72 Å². The predicted molar refractivity (Wildman–Crippen MR) is 104 cm³/mol. The Bertz CT molecular complexity index is 888. The van der Waals surface area contributed by atoms with Crippen LogP contribution in [-0.4, -0.2) is 36.2 Å². The number of unbranched alkanes of at least 4 members (excludes halogenated alkanes) is 1. The molecule has 0 bridgehead atoms. The first-order chi connectivity index (χ1) is 12.3. The van der Waals surface area contributed by atoms with E-state index in [1.54, 1.807) is 35.7 Å². The molecule has 1 N–H and O–H groups in total. The number of methoxy groups -OCH3 is 1. The van der Waals surface area contributed by atoms with Crippen molar-refractivity contribution in [1.29, 1.82) is 0 Å². The zero-order valence-electron chi connectivity index (χ0n) is 14.7. The average Bonchev–Trinajstić information content (AvgIpc) is 3.16. The second-order valence-electron chi connectivity index (χ2n) is 5.76. The molecule has 0 spiro atoms. The zero-order valence-corrected chi connectivity index (χ0v) is 17.2. The van der Waals surface area contributed by atoms with Crippen LogP contribution in [0.3, 0.4) is 0 Å². The summed E-state index contributed by atoms with van der Waals surface area (Å²) in [5.74, 6) is 0.585. The van der Waals surface area contributed by atoms with Gasteiger partial charge in [0.15, 0.2) is 9.84 Å². The molecule has 0 radical (unpaired) electrons.